The van der Waals surface area contributed by atoms with E-state index in [2.05, 4.69) is 16.4 Å². The van der Waals surface area contributed by atoms with Gasteiger partial charge in [0.05, 0.1) is 10.2 Å². The quantitative estimate of drug-likeness (QED) is 0.735. The molecule has 0 spiro atoms. The molecule has 1 aromatic heterocycles. The van der Waals surface area contributed by atoms with Crippen molar-refractivity contribution in [2.75, 3.05) is 5.32 Å². The zero-order valence-corrected chi connectivity index (χ0v) is 12.2. The second kappa shape index (κ2) is 5.98. The molecule has 3 rings (SSSR count). The second-order valence-corrected chi connectivity index (χ2v) is 5.63. The highest BCUT2D eigenvalue weighted by atomic mass is 32.1. The number of rotatable bonds is 3. The molecule has 0 saturated carbocycles. The molecule has 3 nitrogen and oxygen atoms in total. The summed E-state index contributed by atoms with van der Waals surface area (Å²) in [6.45, 7) is 0.387. The molecule has 0 fully saturated rings. The molecular weight excluding hydrogens is 288 g/mol. The van der Waals surface area contributed by atoms with Gasteiger partial charge in [-0.2, -0.15) is 0 Å². The van der Waals surface area contributed by atoms with Crippen molar-refractivity contribution in [3.05, 3.63) is 59.6 Å². The summed E-state index contributed by atoms with van der Waals surface area (Å²) in [5.41, 5.74) is 1.92. The number of aromatic nitrogens is 1. The van der Waals surface area contributed by atoms with Crippen LogP contribution in [0.4, 0.5) is 5.69 Å². The van der Waals surface area contributed by atoms with Crippen LogP contribution < -0.4 is 5.32 Å². The molecule has 0 aliphatic heterocycles. The maximum atomic E-state index is 5.53. The third-order valence-corrected chi connectivity index (χ3v) is 3.91. The van der Waals surface area contributed by atoms with E-state index in [1.807, 2.05) is 48.5 Å². The van der Waals surface area contributed by atoms with Gasteiger partial charge in [0.1, 0.15) is 11.6 Å². The van der Waals surface area contributed by atoms with Crippen LogP contribution in [-0.4, -0.2) is 10.2 Å². The molecule has 0 amide bonds. The number of nitrogens with one attached hydrogen (secondary N) is 1. The van der Waals surface area contributed by atoms with E-state index in [0.29, 0.717) is 11.8 Å². The van der Waals surface area contributed by atoms with E-state index >= 15 is 0 Å². The summed E-state index contributed by atoms with van der Waals surface area (Å²) in [5, 5.41) is 4.31. The maximum Gasteiger partial charge on any atom is 0.261 e. The number of nitrogens with zero attached hydrogens (tertiary/aromatic N) is 1. The van der Waals surface area contributed by atoms with Gasteiger partial charge >= 0.3 is 0 Å². The molecule has 1 heterocycles. The Morgan fingerprint density at radius 3 is 2.65 bits per heavy atom. The minimum Gasteiger partial charge on any atom is -0.463 e. The second-order valence-electron chi connectivity index (χ2n) is 4.14. The smallest absolute Gasteiger partial charge is 0.261 e. The predicted molar refractivity (Wildman–Crippen MR) is 87.1 cm³/mol. The monoisotopic (exact) mass is 300 g/mol. The summed E-state index contributed by atoms with van der Waals surface area (Å²) in [5.74, 6) is 0. The number of ether oxygens (including phenoxy) is 1. The first-order valence-electron chi connectivity index (χ1n) is 6.14. The van der Waals surface area contributed by atoms with Crippen molar-refractivity contribution in [3.8, 4) is 0 Å². The van der Waals surface area contributed by atoms with Crippen molar-refractivity contribution in [1.82, 2.24) is 4.98 Å². The minimum absolute atomic E-state index is 0.357. The molecule has 0 bridgehead atoms. The summed E-state index contributed by atoms with van der Waals surface area (Å²) in [6.07, 6.45) is 0. The van der Waals surface area contributed by atoms with E-state index in [9.17, 15) is 0 Å². The average molecular weight is 300 g/mol. The zero-order chi connectivity index (χ0) is 13.8. The lowest BCUT2D eigenvalue weighted by molar-refractivity contribution is 0.300. The van der Waals surface area contributed by atoms with Gasteiger partial charge in [0, 0.05) is 5.69 Å². The van der Waals surface area contributed by atoms with Gasteiger partial charge in [-0.1, -0.05) is 30.3 Å². The summed E-state index contributed by atoms with van der Waals surface area (Å²) >= 11 is 6.78. The van der Waals surface area contributed by atoms with Gasteiger partial charge in [-0.15, -0.1) is 11.3 Å². The molecule has 0 aliphatic rings. The van der Waals surface area contributed by atoms with Gasteiger partial charge < -0.3 is 10.1 Å². The first-order chi connectivity index (χ1) is 9.81. The van der Waals surface area contributed by atoms with Crippen molar-refractivity contribution in [1.29, 1.82) is 0 Å². The number of hydrogen-bond donors (Lipinski definition) is 1. The van der Waals surface area contributed by atoms with E-state index in [-0.39, 0.29) is 0 Å². The number of para-hydroxylation sites is 2. The SMILES string of the molecule is S=C(Nc1ccccc1)OCc1nc2ccccc2s1. The van der Waals surface area contributed by atoms with Gasteiger partial charge in [-0.3, -0.25) is 0 Å². The van der Waals surface area contributed by atoms with E-state index in [1.165, 1.54) is 0 Å². The first-order valence-corrected chi connectivity index (χ1v) is 7.37. The van der Waals surface area contributed by atoms with Crippen LogP contribution >= 0.6 is 23.6 Å². The van der Waals surface area contributed by atoms with Crippen LogP contribution in [0.1, 0.15) is 5.01 Å². The van der Waals surface area contributed by atoms with Gasteiger partial charge in [0.15, 0.2) is 0 Å². The van der Waals surface area contributed by atoms with Gasteiger partial charge in [0.25, 0.3) is 5.17 Å². The molecular formula is C15H12N2OS2. The lowest BCUT2D eigenvalue weighted by Gasteiger charge is -2.08. The molecule has 0 atom stereocenters. The Hall–Kier alpha value is -1.98. The molecule has 20 heavy (non-hydrogen) atoms. The Bertz CT molecular complexity index is 692. The topological polar surface area (TPSA) is 34.1 Å². The number of thiazole rings is 1. The maximum absolute atomic E-state index is 5.53. The molecule has 0 radical (unpaired) electrons. The molecule has 2 aromatic carbocycles. The Kier molecular flexibility index (Phi) is 3.90. The molecule has 0 saturated heterocycles. The fourth-order valence-corrected chi connectivity index (χ4v) is 2.84. The van der Waals surface area contributed by atoms with Gasteiger partial charge in [-0.25, -0.2) is 4.98 Å². The highest BCUT2D eigenvalue weighted by Gasteiger charge is 2.05. The largest absolute Gasteiger partial charge is 0.463 e. The van der Waals surface area contributed by atoms with E-state index < -0.39 is 0 Å². The minimum atomic E-state index is 0.357. The van der Waals surface area contributed by atoms with Crippen molar-refractivity contribution in [2.45, 2.75) is 6.61 Å². The molecule has 1 N–H and O–H groups in total. The van der Waals surface area contributed by atoms with Crippen LogP contribution in [0.25, 0.3) is 10.2 Å². The standard InChI is InChI=1S/C15H12N2OS2/c19-15(16-11-6-2-1-3-7-11)18-10-14-17-12-8-4-5-9-13(12)20-14/h1-9H,10H2,(H,16,19). The summed E-state index contributed by atoms with van der Waals surface area (Å²) in [4.78, 5) is 4.50. The predicted octanol–water partition coefficient (Wildman–Crippen LogP) is 4.21. The van der Waals surface area contributed by atoms with Crippen LogP contribution in [-0.2, 0) is 11.3 Å². The van der Waals surface area contributed by atoms with Crippen molar-refractivity contribution in [2.24, 2.45) is 0 Å². The van der Waals surface area contributed by atoms with Crippen molar-refractivity contribution >= 4 is 44.6 Å². The van der Waals surface area contributed by atoms with Crippen LogP contribution in [0, 0.1) is 0 Å². The van der Waals surface area contributed by atoms with Crippen molar-refractivity contribution in [3.63, 3.8) is 0 Å². The molecule has 3 aromatic rings. The van der Waals surface area contributed by atoms with Crippen molar-refractivity contribution < 1.29 is 4.74 Å². The fraction of sp³-hybridized carbons (Fsp3) is 0.0667. The Morgan fingerprint density at radius 2 is 1.85 bits per heavy atom. The Morgan fingerprint density at radius 1 is 1.10 bits per heavy atom. The summed E-state index contributed by atoms with van der Waals surface area (Å²) in [7, 11) is 0. The van der Waals surface area contributed by atoms with Gasteiger partial charge in [-0.05, 0) is 36.5 Å². The van der Waals surface area contributed by atoms with E-state index in [1.54, 1.807) is 11.3 Å². The lowest BCUT2D eigenvalue weighted by atomic mass is 10.3. The first kappa shape index (κ1) is 13.0. The number of hydrogen-bond acceptors (Lipinski definition) is 4. The Labute approximate surface area is 126 Å². The normalized spacial score (nSPS) is 10.4. The molecule has 5 heteroatoms. The Balaban J connectivity index is 1.60. The molecule has 100 valence electrons. The highest BCUT2D eigenvalue weighted by Crippen LogP contribution is 2.22. The molecule has 0 unspecified atom stereocenters. The number of fused-ring (bicyclic) bond motifs is 1. The highest BCUT2D eigenvalue weighted by molar-refractivity contribution is 7.80. The third-order valence-electron chi connectivity index (χ3n) is 2.69. The third kappa shape index (κ3) is 3.12. The summed E-state index contributed by atoms with van der Waals surface area (Å²) in [6, 6.07) is 17.8. The molecule has 0 aliphatic carbocycles. The fourth-order valence-electron chi connectivity index (χ4n) is 1.78. The van der Waals surface area contributed by atoms with Crippen LogP contribution in [0.2, 0.25) is 0 Å². The number of thiocarbonyl (C=S) groups is 1. The lowest BCUT2D eigenvalue weighted by Crippen LogP contribution is -2.12. The average Bonchev–Trinajstić information content (AvgIpc) is 2.89. The van der Waals surface area contributed by atoms with Gasteiger partial charge in [0.2, 0.25) is 0 Å². The van der Waals surface area contributed by atoms with Crippen LogP contribution in [0.3, 0.4) is 0 Å². The van der Waals surface area contributed by atoms with E-state index in [0.717, 1.165) is 20.9 Å². The van der Waals surface area contributed by atoms with Crippen LogP contribution in [0.15, 0.2) is 54.6 Å². The van der Waals surface area contributed by atoms with Crippen LogP contribution in [0.5, 0.6) is 0 Å². The zero-order valence-electron chi connectivity index (χ0n) is 10.6. The number of benzene rings is 2. The number of anilines is 1. The summed E-state index contributed by atoms with van der Waals surface area (Å²) < 4.78 is 6.69. The van der Waals surface area contributed by atoms with E-state index in [4.69, 9.17) is 17.0 Å².